The van der Waals surface area contributed by atoms with Crippen molar-refractivity contribution in [3.8, 4) is 17.0 Å². The van der Waals surface area contributed by atoms with Gasteiger partial charge in [-0.25, -0.2) is 4.98 Å². The first-order chi connectivity index (χ1) is 14.3. The highest BCUT2D eigenvalue weighted by atomic mass is 16.5. The number of amides is 1. The molecule has 0 fully saturated rings. The predicted molar refractivity (Wildman–Crippen MR) is 113 cm³/mol. The van der Waals surface area contributed by atoms with Crippen LogP contribution in [0, 0.1) is 0 Å². The van der Waals surface area contributed by atoms with Gasteiger partial charge in [0, 0.05) is 17.8 Å². The summed E-state index contributed by atoms with van der Waals surface area (Å²) in [7, 11) is 0. The second kappa shape index (κ2) is 7.36. The second-order valence-corrected chi connectivity index (χ2v) is 6.98. The zero-order chi connectivity index (χ0) is 19.6. The minimum absolute atomic E-state index is 0.0173. The molecule has 1 amide bonds. The van der Waals surface area contributed by atoms with Crippen LogP contribution in [0.25, 0.3) is 22.3 Å². The summed E-state index contributed by atoms with van der Waals surface area (Å²) in [4.78, 5) is 23.5. The van der Waals surface area contributed by atoms with Crippen LogP contribution in [0.2, 0.25) is 0 Å². The first kappa shape index (κ1) is 17.4. The number of hydrogen-bond donors (Lipinski definition) is 0. The predicted octanol–water partition coefficient (Wildman–Crippen LogP) is 4.26. The molecule has 0 N–H and O–H groups in total. The molecule has 0 spiro atoms. The van der Waals surface area contributed by atoms with E-state index in [1.54, 1.807) is 11.1 Å². The Kier molecular flexibility index (Phi) is 4.41. The number of para-hydroxylation sites is 3. The van der Waals surface area contributed by atoms with Gasteiger partial charge < -0.3 is 9.64 Å². The average Bonchev–Trinajstić information content (AvgIpc) is 3.22. The monoisotopic (exact) mass is 381 g/mol. The summed E-state index contributed by atoms with van der Waals surface area (Å²) < 4.78 is 5.73. The highest BCUT2D eigenvalue weighted by Crippen LogP contribution is 2.28. The molecule has 0 saturated heterocycles. The summed E-state index contributed by atoms with van der Waals surface area (Å²) in [5.41, 5.74) is 5.70. The molecule has 0 saturated carbocycles. The van der Waals surface area contributed by atoms with Crippen molar-refractivity contribution in [2.24, 2.45) is 0 Å². The Morgan fingerprint density at radius 3 is 2.55 bits per heavy atom. The van der Waals surface area contributed by atoms with Gasteiger partial charge >= 0.3 is 0 Å². The fraction of sp³-hybridized carbons (Fsp3) is 0.125. The van der Waals surface area contributed by atoms with Crippen molar-refractivity contribution in [2.45, 2.75) is 6.42 Å². The van der Waals surface area contributed by atoms with Crippen LogP contribution in [-0.4, -0.2) is 29.0 Å². The maximum Gasteiger partial charge on any atom is 0.264 e. The van der Waals surface area contributed by atoms with E-state index >= 15 is 0 Å². The van der Waals surface area contributed by atoms with Gasteiger partial charge in [-0.05, 0) is 54.4 Å². The van der Waals surface area contributed by atoms with Crippen molar-refractivity contribution in [2.75, 3.05) is 18.1 Å². The largest absolute Gasteiger partial charge is 0.484 e. The molecule has 0 atom stereocenters. The molecule has 1 aromatic heterocycles. The van der Waals surface area contributed by atoms with E-state index in [0.29, 0.717) is 12.3 Å². The number of hydrogen-bond acceptors (Lipinski definition) is 4. The minimum atomic E-state index is -0.0283. The molecular weight excluding hydrogens is 362 g/mol. The van der Waals surface area contributed by atoms with Gasteiger partial charge in [-0.15, -0.1) is 0 Å². The minimum Gasteiger partial charge on any atom is -0.484 e. The number of fused-ring (bicyclic) bond motifs is 2. The van der Waals surface area contributed by atoms with Crippen LogP contribution in [0.1, 0.15) is 5.56 Å². The molecule has 0 bridgehead atoms. The van der Waals surface area contributed by atoms with Gasteiger partial charge in [-0.2, -0.15) is 0 Å². The first-order valence-corrected chi connectivity index (χ1v) is 9.61. The van der Waals surface area contributed by atoms with E-state index < -0.39 is 0 Å². The second-order valence-electron chi connectivity index (χ2n) is 6.98. The fourth-order valence-corrected chi connectivity index (χ4v) is 3.64. The van der Waals surface area contributed by atoms with Crippen LogP contribution >= 0.6 is 0 Å². The number of nitrogens with zero attached hydrogens (tertiary/aromatic N) is 3. The third kappa shape index (κ3) is 3.43. The number of anilines is 1. The Bertz CT molecular complexity index is 1190. The number of benzene rings is 3. The van der Waals surface area contributed by atoms with Gasteiger partial charge in [0.15, 0.2) is 6.61 Å². The molecule has 0 radical (unpaired) electrons. The topological polar surface area (TPSA) is 55.3 Å². The molecule has 29 heavy (non-hydrogen) atoms. The van der Waals surface area contributed by atoms with Crippen molar-refractivity contribution in [1.82, 2.24) is 9.97 Å². The lowest BCUT2D eigenvalue weighted by Gasteiger charge is -2.17. The van der Waals surface area contributed by atoms with Crippen LogP contribution in [0.3, 0.4) is 0 Å². The summed E-state index contributed by atoms with van der Waals surface area (Å²) in [5, 5.41) is 0. The summed E-state index contributed by atoms with van der Waals surface area (Å²) in [5.74, 6) is 0.628. The van der Waals surface area contributed by atoms with E-state index in [1.807, 2.05) is 66.7 Å². The van der Waals surface area contributed by atoms with Gasteiger partial charge in [-0.1, -0.05) is 30.3 Å². The Morgan fingerprint density at radius 1 is 0.931 bits per heavy atom. The van der Waals surface area contributed by atoms with Crippen LogP contribution in [0.5, 0.6) is 5.75 Å². The first-order valence-electron chi connectivity index (χ1n) is 9.61. The fourth-order valence-electron chi connectivity index (χ4n) is 3.64. The maximum atomic E-state index is 12.6. The van der Waals surface area contributed by atoms with E-state index in [-0.39, 0.29) is 12.5 Å². The Morgan fingerprint density at radius 2 is 1.69 bits per heavy atom. The highest BCUT2D eigenvalue weighted by molar-refractivity contribution is 5.96. The third-order valence-electron chi connectivity index (χ3n) is 5.15. The van der Waals surface area contributed by atoms with E-state index in [9.17, 15) is 4.79 Å². The molecule has 142 valence electrons. The van der Waals surface area contributed by atoms with Gasteiger partial charge in [0.05, 0.1) is 22.9 Å². The molecule has 1 aliphatic heterocycles. The van der Waals surface area contributed by atoms with Crippen LogP contribution in [-0.2, 0) is 11.2 Å². The molecule has 5 nitrogen and oxygen atoms in total. The molecule has 1 aliphatic rings. The van der Waals surface area contributed by atoms with Crippen LogP contribution in [0.4, 0.5) is 5.69 Å². The lowest BCUT2D eigenvalue weighted by molar-refractivity contribution is -0.120. The van der Waals surface area contributed by atoms with Gasteiger partial charge in [-0.3, -0.25) is 9.78 Å². The number of rotatable bonds is 4. The Hall–Kier alpha value is -3.73. The lowest BCUT2D eigenvalue weighted by Crippen LogP contribution is -2.33. The number of ether oxygens (including phenoxy) is 1. The number of aromatic nitrogens is 2. The summed E-state index contributed by atoms with van der Waals surface area (Å²) in [6, 6.07) is 23.4. The summed E-state index contributed by atoms with van der Waals surface area (Å²) in [6.07, 6.45) is 2.66. The molecule has 5 rings (SSSR count). The molecule has 5 heteroatoms. The summed E-state index contributed by atoms with van der Waals surface area (Å²) in [6.45, 7) is 0.727. The van der Waals surface area contributed by atoms with Crippen LogP contribution < -0.4 is 9.64 Å². The van der Waals surface area contributed by atoms with Gasteiger partial charge in [0.1, 0.15) is 5.75 Å². The molecule has 3 aromatic carbocycles. The van der Waals surface area contributed by atoms with Crippen molar-refractivity contribution in [1.29, 1.82) is 0 Å². The van der Waals surface area contributed by atoms with E-state index in [2.05, 4.69) is 16.0 Å². The number of carbonyl (C=O) groups excluding carboxylic acids is 1. The van der Waals surface area contributed by atoms with Crippen molar-refractivity contribution in [3.05, 3.63) is 84.6 Å². The van der Waals surface area contributed by atoms with Crippen molar-refractivity contribution in [3.63, 3.8) is 0 Å². The number of carbonyl (C=O) groups is 1. The summed E-state index contributed by atoms with van der Waals surface area (Å²) >= 11 is 0. The van der Waals surface area contributed by atoms with E-state index in [4.69, 9.17) is 4.74 Å². The third-order valence-corrected chi connectivity index (χ3v) is 5.15. The van der Waals surface area contributed by atoms with Crippen molar-refractivity contribution < 1.29 is 9.53 Å². The van der Waals surface area contributed by atoms with E-state index in [0.717, 1.165) is 34.4 Å². The zero-order valence-electron chi connectivity index (χ0n) is 15.8. The van der Waals surface area contributed by atoms with Gasteiger partial charge in [0.2, 0.25) is 0 Å². The standard InChI is InChI=1S/C24H19N3O2/c28-24(27-14-13-18-5-1-4-8-23(18)27)16-29-19-11-9-17(10-12-19)22-15-25-20-6-2-3-7-21(20)26-22/h1-12,15H,13-14,16H2. The molecule has 0 aliphatic carbocycles. The molecule has 0 unspecified atom stereocenters. The van der Waals surface area contributed by atoms with Gasteiger partial charge in [0.25, 0.3) is 5.91 Å². The Labute approximate surface area is 168 Å². The van der Waals surface area contributed by atoms with Crippen molar-refractivity contribution >= 4 is 22.6 Å². The smallest absolute Gasteiger partial charge is 0.264 e. The zero-order valence-corrected chi connectivity index (χ0v) is 15.8. The lowest BCUT2D eigenvalue weighted by atomic mass is 10.1. The highest BCUT2D eigenvalue weighted by Gasteiger charge is 2.24. The molecule has 4 aromatic rings. The Balaban J connectivity index is 1.26. The van der Waals surface area contributed by atoms with E-state index in [1.165, 1.54) is 5.56 Å². The average molecular weight is 381 g/mol. The SMILES string of the molecule is O=C(COc1ccc(-c2cnc3ccccc3n2)cc1)N1CCc2ccccc21. The molecule has 2 heterocycles. The molecular formula is C24H19N3O2. The quantitative estimate of drug-likeness (QED) is 0.530. The normalized spacial score (nSPS) is 12.8. The van der Waals surface area contributed by atoms with Crippen LogP contribution in [0.15, 0.2) is 79.0 Å². The maximum absolute atomic E-state index is 12.6.